The Morgan fingerprint density at radius 1 is 1.41 bits per heavy atom. The molecule has 2 heterocycles. The zero-order chi connectivity index (χ0) is 19.8. The summed E-state index contributed by atoms with van der Waals surface area (Å²) in [5.41, 5.74) is 0. The molecule has 0 aliphatic carbocycles. The highest BCUT2D eigenvalue weighted by Gasteiger charge is 2.27. The standard InChI is InChI=1S/C17H26ClN5O3S/c1-4-16(25)23-7-6-22(10-12(23)2)14-9-13(18)20-17(21-14)27-11-15(24)19-5-8-26-3/h9,12H,4-8,10-11H2,1-3H3,(H,19,24). The maximum Gasteiger partial charge on any atom is 0.230 e. The summed E-state index contributed by atoms with van der Waals surface area (Å²) in [6, 6.07) is 1.82. The van der Waals surface area contributed by atoms with Gasteiger partial charge in [-0.1, -0.05) is 30.3 Å². The topological polar surface area (TPSA) is 87.7 Å². The van der Waals surface area contributed by atoms with Gasteiger partial charge in [0, 0.05) is 51.8 Å². The molecule has 8 nitrogen and oxygen atoms in total. The van der Waals surface area contributed by atoms with E-state index in [-0.39, 0.29) is 23.6 Å². The van der Waals surface area contributed by atoms with Crippen LogP contribution in [0.1, 0.15) is 20.3 Å². The fourth-order valence-electron chi connectivity index (χ4n) is 2.82. The largest absolute Gasteiger partial charge is 0.383 e. The fraction of sp³-hybridized carbons (Fsp3) is 0.647. The van der Waals surface area contributed by atoms with Gasteiger partial charge >= 0.3 is 0 Å². The minimum absolute atomic E-state index is 0.0996. The minimum Gasteiger partial charge on any atom is -0.383 e. The Morgan fingerprint density at radius 3 is 2.85 bits per heavy atom. The van der Waals surface area contributed by atoms with Gasteiger partial charge in [-0.05, 0) is 6.92 Å². The Bertz CT molecular complexity index is 663. The molecule has 0 bridgehead atoms. The summed E-state index contributed by atoms with van der Waals surface area (Å²) >= 11 is 7.39. The number of nitrogens with one attached hydrogen (secondary N) is 1. The first-order valence-corrected chi connectivity index (χ1v) is 10.3. The van der Waals surface area contributed by atoms with Gasteiger partial charge in [0.2, 0.25) is 11.8 Å². The number of hydrogen-bond donors (Lipinski definition) is 1. The Morgan fingerprint density at radius 2 is 2.19 bits per heavy atom. The molecule has 0 radical (unpaired) electrons. The number of halogens is 1. The maximum absolute atomic E-state index is 12.0. The zero-order valence-electron chi connectivity index (χ0n) is 15.9. The number of aromatic nitrogens is 2. The van der Waals surface area contributed by atoms with Crippen LogP contribution in [0.4, 0.5) is 5.82 Å². The first kappa shape index (κ1) is 21.7. The summed E-state index contributed by atoms with van der Waals surface area (Å²) in [7, 11) is 1.58. The molecule has 0 aromatic carbocycles. The van der Waals surface area contributed by atoms with Crippen LogP contribution in [0.2, 0.25) is 5.15 Å². The number of ether oxygens (including phenoxy) is 1. The Balaban J connectivity index is 1.97. The molecule has 1 aliphatic rings. The molecular formula is C17H26ClN5O3S. The van der Waals surface area contributed by atoms with Gasteiger partial charge in [0.1, 0.15) is 11.0 Å². The third-order valence-corrected chi connectivity index (χ3v) is 5.24. The number of anilines is 1. The number of rotatable bonds is 8. The smallest absolute Gasteiger partial charge is 0.230 e. The van der Waals surface area contributed by atoms with Crippen molar-refractivity contribution in [3.8, 4) is 0 Å². The lowest BCUT2D eigenvalue weighted by Gasteiger charge is -2.40. The zero-order valence-corrected chi connectivity index (χ0v) is 17.5. The van der Waals surface area contributed by atoms with Gasteiger partial charge in [-0.15, -0.1) is 0 Å². The van der Waals surface area contributed by atoms with Crippen LogP contribution in [-0.2, 0) is 14.3 Å². The van der Waals surface area contributed by atoms with Gasteiger partial charge in [0.25, 0.3) is 0 Å². The second kappa shape index (κ2) is 10.7. The van der Waals surface area contributed by atoms with Crippen molar-refractivity contribution in [1.82, 2.24) is 20.2 Å². The van der Waals surface area contributed by atoms with Crippen LogP contribution in [-0.4, -0.2) is 78.4 Å². The molecular weight excluding hydrogens is 390 g/mol. The van der Waals surface area contributed by atoms with E-state index in [2.05, 4.69) is 20.2 Å². The van der Waals surface area contributed by atoms with E-state index < -0.39 is 0 Å². The van der Waals surface area contributed by atoms with Crippen molar-refractivity contribution in [3.63, 3.8) is 0 Å². The Labute approximate surface area is 169 Å². The molecule has 1 atom stereocenters. The van der Waals surface area contributed by atoms with Crippen molar-refractivity contribution < 1.29 is 14.3 Å². The third kappa shape index (κ3) is 6.51. The van der Waals surface area contributed by atoms with Crippen molar-refractivity contribution in [2.75, 3.05) is 50.5 Å². The summed E-state index contributed by atoms with van der Waals surface area (Å²) in [5, 5.41) is 3.54. The molecule has 1 aromatic heterocycles. The van der Waals surface area contributed by atoms with Gasteiger partial charge in [-0.3, -0.25) is 9.59 Å². The first-order valence-electron chi connectivity index (χ1n) is 8.92. The number of thioether (sulfide) groups is 1. The number of hydrogen-bond acceptors (Lipinski definition) is 7. The lowest BCUT2D eigenvalue weighted by Crippen LogP contribution is -2.54. The van der Waals surface area contributed by atoms with Gasteiger partial charge in [0.05, 0.1) is 12.4 Å². The SMILES string of the molecule is CCC(=O)N1CCN(c2cc(Cl)nc(SCC(=O)NCCOC)n2)CC1C. The highest BCUT2D eigenvalue weighted by Crippen LogP contribution is 2.24. The van der Waals surface area contributed by atoms with E-state index in [1.807, 2.05) is 18.7 Å². The van der Waals surface area contributed by atoms with Crippen LogP contribution in [0.5, 0.6) is 0 Å². The van der Waals surface area contributed by atoms with Crippen LogP contribution in [0.25, 0.3) is 0 Å². The third-order valence-electron chi connectivity index (χ3n) is 4.20. The molecule has 2 rings (SSSR count). The molecule has 1 N–H and O–H groups in total. The molecule has 2 amide bonds. The number of methoxy groups -OCH3 is 1. The van der Waals surface area contributed by atoms with Crippen LogP contribution >= 0.6 is 23.4 Å². The number of carbonyl (C=O) groups is 2. The van der Waals surface area contributed by atoms with E-state index in [4.69, 9.17) is 16.3 Å². The van der Waals surface area contributed by atoms with Crippen LogP contribution < -0.4 is 10.2 Å². The average Bonchev–Trinajstić information content (AvgIpc) is 2.65. The van der Waals surface area contributed by atoms with Crippen molar-refractivity contribution in [2.24, 2.45) is 0 Å². The molecule has 1 aliphatic heterocycles. The Kier molecular flexibility index (Phi) is 8.59. The second-order valence-electron chi connectivity index (χ2n) is 6.20. The van der Waals surface area contributed by atoms with Gasteiger partial charge < -0.3 is 19.9 Å². The van der Waals surface area contributed by atoms with E-state index in [1.54, 1.807) is 13.2 Å². The molecule has 0 saturated carbocycles. The van der Waals surface area contributed by atoms with Crippen molar-refractivity contribution in [1.29, 1.82) is 0 Å². The quantitative estimate of drug-likeness (QED) is 0.297. The predicted octanol–water partition coefficient (Wildman–Crippen LogP) is 1.43. The minimum atomic E-state index is -0.109. The van der Waals surface area contributed by atoms with Gasteiger partial charge in [-0.2, -0.15) is 0 Å². The van der Waals surface area contributed by atoms with Crippen molar-refractivity contribution >= 4 is 41.0 Å². The first-order chi connectivity index (χ1) is 12.9. The molecule has 10 heteroatoms. The van der Waals surface area contributed by atoms with Crippen LogP contribution in [0, 0.1) is 0 Å². The monoisotopic (exact) mass is 415 g/mol. The molecule has 27 heavy (non-hydrogen) atoms. The highest BCUT2D eigenvalue weighted by atomic mass is 35.5. The van der Waals surface area contributed by atoms with Crippen molar-refractivity contribution in [2.45, 2.75) is 31.5 Å². The van der Waals surface area contributed by atoms with E-state index >= 15 is 0 Å². The van der Waals surface area contributed by atoms with E-state index in [0.717, 1.165) is 0 Å². The lowest BCUT2D eigenvalue weighted by molar-refractivity contribution is -0.133. The summed E-state index contributed by atoms with van der Waals surface area (Å²) in [4.78, 5) is 36.5. The Hall–Kier alpha value is -1.58. The lowest BCUT2D eigenvalue weighted by atomic mass is 10.1. The molecule has 0 spiro atoms. The normalized spacial score (nSPS) is 17.1. The molecule has 1 unspecified atom stereocenters. The molecule has 1 fully saturated rings. The fourth-order valence-corrected chi connectivity index (χ4v) is 3.74. The van der Waals surface area contributed by atoms with E-state index in [0.29, 0.717) is 55.3 Å². The van der Waals surface area contributed by atoms with E-state index in [1.165, 1.54) is 11.8 Å². The van der Waals surface area contributed by atoms with Gasteiger partial charge in [-0.25, -0.2) is 9.97 Å². The predicted molar refractivity (Wildman–Crippen MR) is 106 cm³/mol. The van der Waals surface area contributed by atoms with Crippen LogP contribution in [0.15, 0.2) is 11.2 Å². The highest BCUT2D eigenvalue weighted by molar-refractivity contribution is 7.99. The summed E-state index contributed by atoms with van der Waals surface area (Å²) in [6.45, 7) is 6.86. The van der Waals surface area contributed by atoms with Gasteiger partial charge in [0.15, 0.2) is 5.16 Å². The van der Waals surface area contributed by atoms with Crippen molar-refractivity contribution in [3.05, 3.63) is 11.2 Å². The van der Waals surface area contributed by atoms with Crippen LogP contribution in [0.3, 0.4) is 0 Å². The summed E-state index contributed by atoms with van der Waals surface area (Å²) < 4.78 is 4.90. The number of amides is 2. The summed E-state index contributed by atoms with van der Waals surface area (Å²) in [6.07, 6.45) is 0.511. The molecule has 150 valence electrons. The number of carbonyl (C=O) groups excluding carboxylic acids is 2. The van der Waals surface area contributed by atoms with E-state index in [9.17, 15) is 9.59 Å². The number of piperazine rings is 1. The summed E-state index contributed by atoms with van der Waals surface area (Å²) in [5.74, 6) is 0.979. The second-order valence-corrected chi connectivity index (χ2v) is 7.53. The average molecular weight is 416 g/mol. The maximum atomic E-state index is 12.0. The molecule has 1 saturated heterocycles. The number of nitrogens with zero attached hydrogens (tertiary/aromatic N) is 4. The molecule has 1 aromatic rings.